The molecule has 0 radical (unpaired) electrons. The third-order valence-electron chi connectivity index (χ3n) is 7.06. The number of nitrogens with one attached hydrogen (secondary N) is 1. The Hall–Kier alpha value is -3.17. The fraction of sp³-hybridized carbons (Fsp3) is 0.407. The summed E-state index contributed by atoms with van der Waals surface area (Å²) >= 11 is 1.65. The largest absolute Gasteiger partial charge is 0.481 e. The van der Waals surface area contributed by atoms with Crippen molar-refractivity contribution in [3.63, 3.8) is 0 Å². The van der Waals surface area contributed by atoms with Crippen LogP contribution < -0.4 is 10.1 Å². The van der Waals surface area contributed by atoms with Crippen molar-refractivity contribution in [1.82, 2.24) is 19.8 Å². The van der Waals surface area contributed by atoms with Gasteiger partial charge in [-0.3, -0.25) is 14.6 Å². The van der Waals surface area contributed by atoms with Gasteiger partial charge in [0.05, 0.1) is 23.8 Å². The molecule has 8 nitrogen and oxygen atoms in total. The van der Waals surface area contributed by atoms with Crippen LogP contribution in [0.4, 0.5) is 5.69 Å². The molecule has 0 bridgehead atoms. The fourth-order valence-corrected chi connectivity index (χ4v) is 5.84. The number of aromatic nitrogens is 2. The average molecular weight is 506 g/mol. The number of nitrogens with zero attached hydrogens (tertiary/aromatic N) is 4. The van der Waals surface area contributed by atoms with E-state index in [1.807, 2.05) is 54.5 Å². The molecule has 0 atom stereocenters. The van der Waals surface area contributed by atoms with Gasteiger partial charge in [-0.15, -0.1) is 11.8 Å². The fourth-order valence-electron chi connectivity index (χ4n) is 4.91. The highest BCUT2D eigenvalue weighted by Crippen LogP contribution is 2.32. The van der Waals surface area contributed by atoms with E-state index >= 15 is 0 Å². The number of thioether (sulfide) groups is 1. The molecule has 1 N–H and O–H groups in total. The Morgan fingerprint density at radius 2 is 2.06 bits per heavy atom. The highest BCUT2D eigenvalue weighted by molar-refractivity contribution is 7.99. The molecule has 0 spiro atoms. The number of hydrogen-bond acceptors (Lipinski definition) is 7. The molecule has 1 saturated heterocycles. The molecular weight excluding hydrogens is 474 g/mol. The van der Waals surface area contributed by atoms with Gasteiger partial charge >= 0.3 is 0 Å². The first-order chi connectivity index (χ1) is 17.5. The number of carbonyl (C=O) groups excluding carboxylic acids is 2. The number of carbonyl (C=O) groups is 2. The predicted octanol–water partition coefficient (Wildman–Crippen LogP) is 3.85. The number of pyridine rings is 2. The highest BCUT2D eigenvalue weighted by Gasteiger charge is 2.27. The van der Waals surface area contributed by atoms with Crippen molar-refractivity contribution in [3.8, 4) is 5.88 Å². The summed E-state index contributed by atoms with van der Waals surface area (Å²) < 4.78 is 5.29. The molecule has 2 aliphatic rings. The maximum Gasteiger partial charge on any atom is 0.253 e. The van der Waals surface area contributed by atoms with Gasteiger partial charge < -0.3 is 19.9 Å². The van der Waals surface area contributed by atoms with Crippen molar-refractivity contribution in [2.75, 3.05) is 44.9 Å². The van der Waals surface area contributed by atoms with Crippen LogP contribution >= 0.6 is 11.8 Å². The van der Waals surface area contributed by atoms with E-state index in [2.05, 4.69) is 20.2 Å². The van der Waals surface area contributed by atoms with Crippen molar-refractivity contribution < 1.29 is 14.3 Å². The lowest BCUT2D eigenvalue weighted by atomic mass is 10.0. The number of hydrogen-bond donors (Lipinski definition) is 1. The molecule has 5 rings (SSSR count). The minimum absolute atomic E-state index is 0.00116. The van der Waals surface area contributed by atoms with Gasteiger partial charge in [0.2, 0.25) is 11.8 Å². The summed E-state index contributed by atoms with van der Waals surface area (Å²) in [5, 5.41) is 2.93. The second-order valence-corrected chi connectivity index (χ2v) is 10.4. The highest BCUT2D eigenvalue weighted by atomic mass is 32.2. The van der Waals surface area contributed by atoms with Crippen LogP contribution in [-0.2, 0) is 11.2 Å². The summed E-state index contributed by atoms with van der Waals surface area (Å²) in [6.07, 6.45) is 5.08. The van der Waals surface area contributed by atoms with Gasteiger partial charge in [0, 0.05) is 67.6 Å². The van der Waals surface area contributed by atoms with Crippen LogP contribution in [0.25, 0.3) is 11.0 Å². The van der Waals surface area contributed by atoms with Crippen molar-refractivity contribution in [1.29, 1.82) is 0 Å². The van der Waals surface area contributed by atoms with Gasteiger partial charge in [-0.2, -0.15) is 0 Å². The van der Waals surface area contributed by atoms with Crippen LogP contribution in [0.15, 0.2) is 47.5 Å². The molecular formula is C27H31N5O3S. The molecule has 0 unspecified atom stereocenters. The Bertz CT molecular complexity index is 1280. The molecule has 2 aromatic heterocycles. The lowest BCUT2D eigenvalue weighted by Crippen LogP contribution is -2.46. The number of fused-ring (bicyclic) bond motifs is 2. The van der Waals surface area contributed by atoms with Gasteiger partial charge in [0.15, 0.2) is 0 Å². The molecule has 0 saturated carbocycles. The van der Waals surface area contributed by atoms with Gasteiger partial charge in [0.1, 0.15) is 0 Å². The number of methoxy groups -OCH3 is 1. The predicted molar refractivity (Wildman–Crippen MR) is 142 cm³/mol. The number of amides is 2. The van der Waals surface area contributed by atoms with Gasteiger partial charge in [-0.25, -0.2) is 4.98 Å². The first-order valence-electron chi connectivity index (χ1n) is 12.4. The Balaban J connectivity index is 1.17. The van der Waals surface area contributed by atoms with E-state index in [9.17, 15) is 9.59 Å². The van der Waals surface area contributed by atoms with E-state index in [1.165, 1.54) is 5.56 Å². The number of ether oxygens (including phenoxy) is 1. The molecule has 188 valence electrons. The van der Waals surface area contributed by atoms with Crippen molar-refractivity contribution >= 4 is 40.3 Å². The normalized spacial score (nSPS) is 16.8. The monoisotopic (exact) mass is 505 g/mol. The number of rotatable bonds is 6. The Labute approximate surface area is 215 Å². The molecule has 9 heteroatoms. The van der Waals surface area contributed by atoms with Crippen LogP contribution in [-0.4, -0.2) is 77.2 Å². The summed E-state index contributed by atoms with van der Waals surface area (Å²) in [7, 11) is 3.52. The van der Waals surface area contributed by atoms with Crippen LogP contribution in [0.5, 0.6) is 5.88 Å². The maximum atomic E-state index is 13.2. The first kappa shape index (κ1) is 24.5. The van der Waals surface area contributed by atoms with Crippen molar-refractivity contribution in [2.24, 2.45) is 0 Å². The molecule has 0 aliphatic carbocycles. The lowest BCUT2D eigenvalue weighted by Gasteiger charge is -2.37. The summed E-state index contributed by atoms with van der Waals surface area (Å²) in [5.41, 5.74) is 4.30. The summed E-state index contributed by atoms with van der Waals surface area (Å²) in [5.74, 6) is 1.36. The van der Waals surface area contributed by atoms with Crippen LogP contribution in [0.1, 0.15) is 35.2 Å². The third-order valence-corrected chi connectivity index (χ3v) is 8.14. The number of likely N-dealkylation sites (tertiary alicyclic amines) is 1. The SMILES string of the molecule is COc1ccc2nccc(CCN3CCC(N(C)C(=O)c4ccc5c(c4)NC(=O)CCS5)CC3)c2n1. The Kier molecular flexibility index (Phi) is 7.38. The second-order valence-electron chi connectivity index (χ2n) is 9.29. The van der Waals surface area contributed by atoms with E-state index < -0.39 is 0 Å². The molecule has 3 aromatic rings. The molecule has 1 aromatic carbocycles. The first-order valence-corrected chi connectivity index (χ1v) is 13.4. The number of anilines is 1. The summed E-state index contributed by atoms with van der Waals surface area (Å²) in [4.78, 5) is 39.5. The zero-order valence-corrected chi connectivity index (χ0v) is 21.5. The van der Waals surface area contributed by atoms with E-state index in [0.717, 1.165) is 66.3 Å². The van der Waals surface area contributed by atoms with Crippen LogP contribution in [0.2, 0.25) is 0 Å². The van der Waals surface area contributed by atoms with E-state index in [1.54, 1.807) is 18.9 Å². The minimum Gasteiger partial charge on any atom is -0.481 e. The van der Waals surface area contributed by atoms with Crippen molar-refractivity contribution in [3.05, 3.63) is 53.7 Å². The lowest BCUT2D eigenvalue weighted by molar-refractivity contribution is -0.115. The van der Waals surface area contributed by atoms with E-state index in [-0.39, 0.29) is 17.9 Å². The Morgan fingerprint density at radius 1 is 1.22 bits per heavy atom. The standard InChI is InChI=1S/C27H31N5O3S/c1-31(27(34)19-3-5-23-22(17-19)29-24(33)11-16-36-23)20-9-14-32(15-10-20)13-8-18-7-12-28-21-4-6-25(35-2)30-26(18)21/h3-7,12,17,20H,8-11,13-16H2,1-2H3,(H,29,33). The van der Waals surface area contributed by atoms with Crippen LogP contribution in [0.3, 0.4) is 0 Å². The smallest absolute Gasteiger partial charge is 0.253 e. The zero-order chi connectivity index (χ0) is 25.1. The summed E-state index contributed by atoms with van der Waals surface area (Å²) in [6.45, 7) is 2.82. The van der Waals surface area contributed by atoms with Crippen molar-refractivity contribution in [2.45, 2.75) is 36.6 Å². The third kappa shape index (κ3) is 5.32. The van der Waals surface area contributed by atoms with E-state index in [4.69, 9.17) is 4.74 Å². The quantitative estimate of drug-likeness (QED) is 0.544. The maximum absolute atomic E-state index is 13.2. The summed E-state index contributed by atoms with van der Waals surface area (Å²) in [6, 6.07) is 11.7. The molecule has 2 aliphatic heterocycles. The van der Waals surface area contributed by atoms with Crippen LogP contribution in [0, 0.1) is 0 Å². The zero-order valence-electron chi connectivity index (χ0n) is 20.7. The number of benzene rings is 1. The molecule has 4 heterocycles. The molecule has 36 heavy (non-hydrogen) atoms. The Morgan fingerprint density at radius 3 is 2.86 bits per heavy atom. The van der Waals surface area contributed by atoms with E-state index in [0.29, 0.717) is 17.9 Å². The van der Waals surface area contributed by atoms with Gasteiger partial charge in [0.25, 0.3) is 5.91 Å². The minimum atomic E-state index is 0.00116. The molecule has 2 amide bonds. The number of piperidine rings is 1. The van der Waals surface area contributed by atoms with Gasteiger partial charge in [-0.05, 0) is 55.2 Å². The molecule has 1 fully saturated rings. The van der Waals surface area contributed by atoms with Gasteiger partial charge in [-0.1, -0.05) is 0 Å². The average Bonchev–Trinajstić information content (AvgIpc) is 3.10. The second kappa shape index (κ2) is 10.8. The topological polar surface area (TPSA) is 87.7 Å².